The molecule has 1 aliphatic rings. The van der Waals surface area contributed by atoms with Gasteiger partial charge in [0.2, 0.25) is 0 Å². The van der Waals surface area contributed by atoms with Gasteiger partial charge in [0.15, 0.2) is 0 Å². The highest BCUT2D eigenvalue weighted by atomic mass is 16.5. The number of hydrogen-bond donors (Lipinski definition) is 1. The van der Waals surface area contributed by atoms with E-state index in [0.717, 1.165) is 30.8 Å². The van der Waals surface area contributed by atoms with E-state index in [9.17, 15) is 5.11 Å². The van der Waals surface area contributed by atoms with Crippen LogP contribution in [0.25, 0.3) is 0 Å². The number of rotatable bonds is 5. The van der Waals surface area contributed by atoms with Crippen molar-refractivity contribution >= 4 is 5.69 Å². The zero-order chi connectivity index (χ0) is 14.0. The van der Waals surface area contributed by atoms with Crippen LogP contribution in [0.5, 0.6) is 5.75 Å². The summed E-state index contributed by atoms with van der Waals surface area (Å²) in [5.74, 6) is 0.924. The fourth-order valence-electron chi connectivity index (χ4n) is 3.19. The monoisotopic (exact) mass is 263 g/mol. The third-order valence-corrected chi connectivity index (χ3v) is 4.33. The molecule has 0 spiro atoms. The second-order valence-corrected chi connectivity index (χ2v) is 6.00. The van der Waals surface area contributed by atoms with Crippen LogP contribution in [0.2, 0.25) is 0 Å². The molecule has 19 heavy (non-hydrogen) atoms. The summed E-state index contributed by atoms with van der Waals surface area (Å²) in [6.45, 7) is 5.38. The summed E-state index contributed by atoms with van der Waals surface area (Å²) in [7, 11) is 3.81. The molecule has 0 radical (unpaired) electrons. The number of hydrogen-bond acceptors (Lipinski definition) is 3. The van der Waals surface area contributed by atoms with Crippen LogP contribution in [0, 0.1) is 19.3 Å². The molecular weight excluding hydrogens is 238 g/mol. The van der Waals surface area contributed by atoms with Crippen LogP contribution in [0.15, 0.2) is 12.1 Å². The normalized spacial score (nSPS) is 16.9. The van der Waals surface area contributed by atoms with Gasteiger partial charge in [0.05, 0.1) is 19.4 Å². The van der Waals surface area contributed by atoms with E-state index in [2.05, 4.69) is 37.9 Å². The predicted molar refractivity (Wildman–Crippen MR) is 79.1 cm³/mol. The van der Waals surface area contributed by atoms with Gasteiger partial charge in [0, 0.05) is 19.0 Å². The largest absolute Gasteiger partial charge is 0.495 e. The van der Waals surface area contributed by atoms with Gasteiger partial charge in [-0.3, -0.25) is 0 Å². The maximum absolute atomic E-state index is 9.61. The van der Waals surface area contributed by atoms with Crippen molar-refractivity contribution in [2.24, 2.45) is 5.41 Å². The minimum absolute atomic E-state index is 0.0943. The zero-order valence-electron chi connectivity index (χ0n) is 12.5. The Labute approximate surface area is 116 Å². The van der Waals surface area contributed by atoms with Crippen molar-refractivity contribution in [3.05, 3.63) is 23.3 Å². The molecule has 3 nitrogen and oxygen atoms in total. The standard InChI is InChI=1S/C16H25NO2/c1-12-8-13(2)15(14(9-12)19-4)17(3)10-16(11-18)6-5-7-16/h8-9,18H,5-7,10-11H2,1-4H3. The van der Waals surface area contributed by atoms with E-state index in [4.69, 9.17) is 4.74 Å². The predicted octanol–water partition coefficient (Wildman–Crippen LogP) is 2.91. The SMILES string of the molecule is COc1cc(C)cc(C)c1N(C)CC1(CO)CCC1. The molecule has 0 amide bonds. The highest BCUT2D eigenvalue weighted by molar-refractivity contribution is 5.64. The van der Waals surface area contributed by atoms with E-state index in [-0.39, 0.29) is 12.0 Å². The summed E-state index contributed by atoms with van der Waals surface area (Å²) in [6.07, 6.45) is 3.49. The molecule has 1 fully saturated rings. The lowest BCUT2D eigenvalue weighted by atomic mass is 9.69. The Morgan fingerprint density at radius 1 is 1.32 bits per heavy atom. The molecule has 0 heterocycles. The van der Waals surface area contributed by atoms with Gasteiger partial charge in [-0.1, -0.05) is 12.5 Å². The lowest BCUT2D eigenvalue weighted by molar-refractivity contribution is 0.0523. The number of ether oxygens (including phenoxy) is 1. The number of nitrogens with zero attached hydrogens (tertiary/aromatic N) is 1. The van der Waals surface area contributed by atoms with Gasteiger partial charge in [0.25, 0.3) is 0 Å². The quantitative estimate of drug-likeness (QED) is 0.886. The van der Waals surface area contributed by atoms with Crippen LogP contribution in [0.1, 0.15) is 30.4 Å². The van der Waals surface area contributed by atoms with Gasteiger partial charge in [0.1, 0.15) is 5.75 Å². The molecule has 1 aliphatic carbocycles. The molecule has 0 aliphatic heterocycles. The molecule has 1 saturated carbocycles. The molecule has 0 atom stereocenters. The zero-order valence-corrected chi connectivity index (χ0v) is 12.5. The smallest absolute Gasteiger partial charge is 0.142 e. The first-order chi connectivity index (χ1) is 9.01. The molecule has 1 aromatic rings. The van der Waals surface area contributed by atoms with Crippen molar-refractivity contribution in [1.82, 2.24) is 0 Å². The average molecular weight is 263 g/mol. The Morgan fingerprint density at radius 3 is 2.47 bits per heavy atom. The average Bonchev–Trinajstić information content (AvgIpc) is 2.32. The van der Waals surface area contributed by atoms with Gasteiger partial charge in [-0.15, -0.1) is 0 Å². The van der Waals surface area contributed by atoms with E-state index in [0.29, 0.717) is 0 Å². The Kier molecular flexibility index (Phi) is 4.04. The minimum Gasteiger partial charge on any atom is -0.495 e. The van der Waals surface area contributed by atoms with Crippen LogP contribution in [-0.4, -0.2) is 32.4 Å². The number of anilines is 1. The van der Waals surface area contributed by atoms with Gasteiger partial charge >= 0.3 is 0 Å². The van der Waals surface area contributed by atoms with E-state index >= 15 is 0 Å². The van der Waals surface area contributed by atoms with Crippen molar-refractivity contribution in [2.75, 3.05) is 32.2 Å². The molecule has 0 aromatic heterocycles. The van der Waals surface area contributed by atoms with Crippen molar-refractivity contribution in [3.8, 4) is 5.75 Å². The molecule has 2 rings (SSSR count). The molecule has 0 saturated heterocycles. The van der Waals surface area contributed by atoms with E-state index in [1.807, 2.05) is 0 Å². The van der Waals surface area contributed by atoms with Crippen LogP contribution in [-0.2, 0) is 0 Å². The topological polar surface area (TPSA) is 32.7 Å². The van der Waals surface area contributed by atoms with Crippen LogP contribution in [0.3, 0.4) is 0 Å². The second-order valence-electron chi connectivity index (χ2n) is 6.00. The van der Waals surface area contributed by atoms with Gasteiger partial charge < -0.3 is 14.7 Å². The summed E-state index contributed by atoms with van der Waals surface area (Å²) < 4.78 is 5.52. The first kappa shape index (κ1) is 14.2. The molecule has 1 aromatic carbocycles. The van der Waals surface area contributed by atoms with Gasteiger partial charge in [-0.2, -0.15) is 0 Å². The maximum Gasteiger partial charge on any atom is 0.142 e. The summed E-state index contributed by atoms with van der Waals surface area (Å²) >= 11 is 0. The first-order valence-electron chi connectivity index (χ1n) is 6.98. The Bertz CT molecular complexity index is 447. The third kappa shape index (κ3) is 2.71. The molecular formula is C16H25NO2. The fraction of sp³-hybridized carbons (Fsp3) is 0.625. The van der Waals surface area contributed by atoms with E-state index in [1.165, 1.54) is 17.5 Å². The second kappa shape index (κ2) is 5.41. The summed E-state index contributed by atoms with van der Waals surface area (Å²) in [6, 6.07) is 4.26. The maximum atomic E-state index is 9.61. The Hall–Kier alpha value is -1.22. The van der Waals surface area contributed by atoms with Crippen molar-refractivity contribution in [2.45, 2.75) is 33.1 Å². The van der Waals surface area contributed by atoms with Crippen LogP contribution >= 0.6 is 0 Å². The van der Waals surface area contributed by atoms with E-state index < -0.39 is 0 Å². The summed E-state index contributed by atoms with van der Waals surface area (Å²) in [5.41, 5.74) is 3.68. The molecule has 0 unspecified atom stereocenters. The molecule has 0 bridgehead atoms. The number of aliphatic hydroxyl groups is 1. The van der Waals surface area contributed by atoms with Crippen LogP contribution in [0.4, 0.5) is 5.69 Å². The van der Waals surface area contributed by atoms with Crippen molar-refractivity contribution in [1.29, 1.82) is 0 Å². The third-order valence-electron chi connectivity index (χ3n) is 4.33. The minimum atomic E-state index is 0.0943. The van der Waals surface area contributed by atoms with Crippen molar-refractivity contribution < 1.29 is 9.84 Å². The summed E-state index contributed by atoms with van der Waals surface area (Å²) in [5, 5.41) is 9.61. The van der Waals surface area contributed by atoms with E-state index in [1.54, 1.807) is 7.11 Å². The number of methoxy groups -OCH3 is 1. The van der Waals surface area contributed by atoms with Gasteiger partial charge in [-0.25, -0.2) is 0 Å². The van der Waals surface area contributed by atoms with Crippen molar-refractivity contribution in [3.63, 3.8) is 0 Å². The Balaban J connectivity index is 2.25. The Morgan fingerprint density at radius 2 is 2.00 bits per heavy atom. The molecule has 3 heteroatoms. The fourth-order valence-corrected chi connectivity index (χ4v) is 3.19. The van der Waals surface area contributed by atoms with Crippen LogP contribution < -0.4 is 9.64 Å². The molecule has 1 N–H and O–H groups in total. The molecule has 106 valence electrons. The number of aliphatic hydroxyl groups excluding tert-OH is 1. The van der Waals surface area contributed by atoms with Gasteiger partial charge in [-0.05, 0) is 43.9 Å². The summed E-state index contributed by atoms with van der Waals surface area (Å²) in [4.78, 5) is 2.24. The number of benzene rings is 1. The highest BCUT2D eigenvalue weighted by Crippen LogP contribution is 2.43. The highest BCUT2D eigenvalue weighted by Gasteiger charge is 2.37. The first-order valence-corrected chi connectivity index (χ1v) is 6.98. The lowest BCUT2D eigenvalue weighted by Gasteiger charge is -2.43. The lowest BCUT2D eigenvalue weighted by Crippen LogP contribution is -2.43. The number of aryl methyl sites for hydroxylation is 2.